The Bertz CT molecular complexity index is 953. The molecular formula is C23H29N3O3. The van der Waals surface area contributed by atoms with Crippen molar-refractivity contribution in [3.63, 3.8) is 0 Å². The molecule has 2 aromatic carbocycles. The number of amides is 1. The number of fused-ring (bicyclic) bond motifs is 1. The monoisotopic (exact) mass is 395 g/mol. The predicted octanol–water partition coefficient (Wildman–Crippen LogP) is 4.27. The van der Waals surface area contributed by atoms with Gasteiger partial charge in [0, 0.05) is 12.1 Å². The van der Waals surface area contributed by atoms with Gasteiger partial charge in [0.1, 0.15) is 30.5 Å². The first-order valence-corrected chi connectivity index (χ1v) is 9.93. The minimum absolute atomic E-state index is 0.0730. The second-order valence-electron chi connectivity index (χ2n) is 7.56. The summed E-state index contributed by atoms with van der Waals surface area (Å²) < 4.78 is 13.1. The fourth-order valence-corrected chi connectivity index (χ4v) is 3.62. The normalized spacial score (nSPS) is 11.3. The molecule has 1 amide bonds. The number of carbonyl (C=O) groups excluding carboxylic acids is 1. The summed E-state index contributed by atoms with van der Waals surface area (Å²) in [4.78, 5) is 19.7. The molecule has 0 spiro atoms. The number of rotatable bonds is 8. The summed E-state index contributed by atoms with van der Waals surface area (Å²) in [6.07, 6.45) is 0. The van der Waals surface area contributed by atoms with Crippen LogP contribution in [0.3, 0.4) is 0 Å². The lowest BCUT2D eigenvalue weighted by Crippen LogP contribution is -2.43. The van der Waals surface area contributed by atoms with Crippen LogP contribution in [-0.2, 0) is 17.9 Å². The summed E-state index contributed by atoms with van der Waals surface area (Å²) in [5, 5.41) is 0. The van der Waals surface area contributed by atoms with Crippen molar-refractivity contribution in [2.45, 2.75) is 52.9 Å². The molecule has 0 N–H and O–H groups in total. The second-order valence-corrected chi connectivity index (χ2v) is 7.56. The van der Waals surface area contributed by atoms with Crippen molar-refractivity contribution < 1.29 is 14.3 Å². The molecule has 0 aliphatic heterocycles. The quantitative estimate of drug-likeness (QED) is 0.572. The number of benzene rings is 2. The molecule has 0 radical (unpaired) electrons. The Kier molecular flexibility index (Phi) is 6.42. The average molecular weight is 396 g/mol. The lowest BCUT2D eigenvalue weighted by atomic mass is 10.2. The van der Waals surface area contributed by atoms with Gasteiger partial charge in [0.15, 0.2) is 0 Å². The molecule has 0 saturated carbocycles. The van der Waals surface area contributed by atoms with Crippen molar-refractivity contribution in [1.29, 1.82) is 0 Å². The Labute approximate surface area is 172 Å². The van der Waals surface area contributed by atoms with E-state index in [1.54, 1.807) is 7.11 Å². The Morgan fingerprint density at radius 1 is 1.00 bits per heavy atom. The molecule has 154 valence electrons. The number of aromatic nitrogens is 2. The lowest BCUT2D eigenvalue weighted by molar-refractivity contribution is -0.135. The maximum Gasteiger partial charge on any atom is 0.243 e. The zero-order chi connectivity index (χ0) is 21.0. The van der Waals surface area contributed by atoms with Crippen LogP contribution < -0.4 is 9.47 Å². The smallest absolute Gasteiger partial charge is 0.243 e. The third-order valence-corrected chi connectivity index (χ3v) is 4.86. The van der Waals surface area contributed by atoms with Crippen LogP contribution in [0.5, 0.6) is 11.5 Å². The predicted molar refractivity (Wildman–Crippen MR) is 114 cm³/mol. The minimum Gasteiger partial charge on any atom is -0.497 e. The molecule has 0 saturated heterocycles. The van der Waals surface area contributed by atoms with Crippen LogP contribution >= 0.6 is 0 Å². The van der Waals surface area contributed by atoms with E-state index in [4.69, 9.17) is 14.5 Å². The molecular weight excluding hydrogens is 366 g/mol. The van der Waals surface area contributed by atoms with E-state index in [9.17, 15) is 4.79 Å². The summed E-state index contributed by atoms with van der Waals surface area (Å²) >= 11 is 0. The van der Waals surface area contributed by atoms with E-state index in [1.807, 2.05) is 85.7 Å². The number of hydrogen-bond donors (Lipinski definition) is 0. The number of carbonyl (C=O) groups is 1. The maximum atomic E-state index is 13.1. The van der Waals surface area contributed by atoms with Crippen LogP contribution in [0.25, 0.3) is 11.0 Å². The summed E-state index contributed by atoms with van der Waals surface area (Å²) in [6.45, 7) is 8.67. The second kappa shape index (κ2) is 8.99. The molecule has 3 rings (SSSR count). The van der Waals surface area contributed by atoms with Gasteiger partial charge in [0.05, 0.1) is 18.1 Å². The average Bonchev–Trinajstić information content (AvgIpc) is 3.03. The minimum atomic E-state index is 0.0730. The first-order chi connectivity index (χ1) is 13.9. The van der Waals surface area contributed by atoms with Crippen LogP contribution in [0, 0.1) is 0 Å². The molecule has 1 aromatic heterocycles. The van der Waals surface area contributed by atoms with Crippen LogP contribution in [0.1, 0.15) is 33.5 Å². The highest BCUT2D eigenvalue weighted by molar-refractivity contribution is 5.81. The molecule has 6 heteroatoms. The van der Waals surface area contributed by atoms with Crippen molar-refractivity contribution in [2.24, 2.45) is 0 Å². The van der Waals surface area contributed by atoms with Crippen LogP contribution in [0.15, 0.2) is 48.5 Å². The number of nitrogens with zero attached hydrogens (tertiary/aromatic N) is 3. The summed E-state index contributed by atoms with van der Waals surface area (Å²) in [5.41, 5.74) is 1.79. The van der Waals surface area contributed by atoms with E-state index in [1.165, 1.54) is 0 Å². The van der Waals surface area contributed by atoms with Gasteiger partial charge >= 0.3 is 0 Å². The van der Waals surface area contributed by atoms with Gasteiger partial charge in [-0.15, -0.1) is 0 Å². The standard InChI is InChI=1S/C23H29N3O3/c1-16(2)26(17(3)4)23(27)14-25-21-9-7-6-8-20(21)24-22(25)15-29-19-12-10-18(28-5)11-13-19/h6-13,16-17H,14-15H2,1-5H3. The van der Waals surface area contributed by atoms with Crippen LogP contribution in [-0.4, -0.2) is 39.6 Å². The highest BCUT2D eigenvalue weighted by atomic mass is 16.5. The fourth-order valence-electron chi connectivity index (χ4n) is 3.62. The largest absolute Gasteiger partial charge is 0.497 e. The highest BCUT2D eigenvalue weighted by Crippen LogP contribution is 2.21. The summed E-state index contributed by atoms with van der Waals surface area (Å²) in [7, 11) is 1.63. The van der Waals surface area contributed by atoms with Crippen molar-refractivity contribution in [3.05, 3.63) is 54.4 Å². The molecule has 0 atom stereocenters. The topological polar surface area (TPSA) is 56.6 Å². The third kappa shape index (κ3) is 4.70. The van der Waals surface area contributed by atoms with Crippen molar-refractivity contribution in [3.8, 4) is 11.5 Å². The summed E-state index contributed by atoms with van der Waals surface area (Å²) in [5.74, 6) is 2.30. The fraction of sp³-hybridized carbons (Fsp3) is 0.391. The maximum absolute atomic E-state index is 13.1. The number of imidazole rings is 1. The Hall–Kier alpha value is -3.02. The third-order valence-electron chi connectivity index (χ3n) is 4.86. The molecule has 0 unspecified atom stereocenters. The molecule has 0 aliphatic rings. The summed E-state index contributed by atoms with van der Waals surface area (Å²) in [6, 6.07) is 15.5. The van der Waals surface area contributed by atoms with Gasteiger partial charge in [0.25, 0.3) is 0 Å². The van der Waals surface area contributed by atoms with E-state index >= 15 is 0 Å². The molecule has 1 heterocycles. The van der Waals surface area contributed by atoms with Gasteiger partial charge < -0.3 is 18.9 Å². The Morgan fingerprint density at radius 3 is 2.24 bits per heavy atom. The highest BCUT2D eigenvalue weighted by Gasteiger charge is 2.22. The SMILES string of the molecule is COc1ccc(OCc2nc3ccccc3n2CC(=O)N(C(C)C)C(C)C)cc1. The van der Waals surface area contributed by atoms with E-state index in [0.717, 1.165) is 28.4 Å². The van der Waals surface area contributed by atoms with Crippen molar-refractivity contribution in [2.75, 3.05) is 7.11 Å². The van der Waals surface area contributed by atoms with Gasteiger partial charge in [-0.2, -0.15) is 0 Å². The van der Waals surface area contributed by atoms with E-state index < -0.39 is 0 Å². The van der Waals surface area contributed by atoms with Gasteiger partial charge in [-0.1, -0.05) is 12.1 Å². The van der Waals surface area contributed by atoms with Gasteiger partial charge in [-0.25, -0.2) is 4.98 Å². The first kappa shape index (κ1) is 20.7. The molecule has 0 bridgehead atoms. The van der Waals surface area contributed by atoms with E-state index in [2.05, 4.69) is 0 Å². The van der Waals surface area contributed by atoms with E-state index in [-0.39, 0.29) is 31.1 Å². The molecule has 0 fully saturated rings. The number of methoxy groups -OCH3 is 1. The lowest BCUT2D eigenvalue weighted by Gasteiger charge is -2.31. The number of ether oxygens (including phenoxy) is 2. The zero-order valence-electron chi connectivity index (χ0n) is 17.8. The van der Waals surface area contributed by atoms with Gasteiger partial charge in [0.2, 0.25) is 5.91 Å². The van der Waals surface area contributed by atoms with Gasteiger partial charge in [-0.3, -0.25) is 4.79 Å². The Morgan fingerprint density at radius 2 is 1.62 bits per heavy atom. The number of hydrogen-bond acceptors (Lipinski definition) is 4. The van der Waals surface area contributed by atoms with Crippen LogP contribution in [0.4, 0.5) is 0 Å². The van der Waals surface area contributed by atoms with Gasteiger partial charge in [-0.05, 0) is 64.1 Å². The van der Waals surface area contributed by atoms with E-state index in [0.29, 0.717) is 0 Å². The first-order valence-electron chi connectivity index (χ1n) is 9.93. The molecule has 29 heavy (non-hydrogen) atoms. The number of para-hydroxylation sites is 2. The molecule has 0 aliphatic carbocycles. The van der Waals surface area contributed by atoms with Crippen LogP contribution in [0.2, 0.25) is 0 Å². The molecule has 3 aromatic rings. The zero-order valence-corrected chi connectivity index (χ0v) is 17.8. The molecule has 6 nitrogen and oxygen atoms in total. The Balaban J connectivity index is 1.86. The van der Waals surface area contributed by atoms with Crippen molar-refractivity contribution >= 4 is 16.9 Å². The van der Waals surface area contributed by atoms with Crippen molar-refractivity contribution in [1.82, 2.24) is 14.5 Å².